The first-order valence-corrected chi connectivity index (χ1v) is 8.98. The van der Waals surface area contributed by atoms with Crippen LogP contribution in [0.4, 0.5) is 0 Å². The third-order valence-electron chi connectivity index (χ3n) is 4.06. The van der Waals surface area contributed by atoms with Gasteiger partial charge in [0, 0.05) is 16.5 Å². The normalized spacial score (nSPS) is 10.4. The molecule has 0 atom stereocenters. The summed E-state index contributed by atoms with van der Waals surface area (Å²) in [5.41, 5.74) is 2.71. The molecular weight excluding hydrogens is 364 g/mol. The van der Waals surface area contributed by atoms with Crippen molar-refractivity contribution in [3.05, 3.63) is 52.3 Å². The maximum atomic E-state index is 8.56. The smallest absolute Gasteiger partial charge is 0.203 e. The quantitative estimate of drug-likeness (QED) is 0.616. The zero-order chi connectivity index (χ0) is 19.4. The van der Waals surface area contributed by atoms with Crippen LogP contribution in [0.15, 0.2) is 41.8 Å². The van der Waals surface area contributed by atoms with E-state index in [4.69, 9.17) is 24.4 Å². The van der Waals surface area contributed by atoms with Gasteiger partial charge in [-0.1, -0.05) is 0 Å². The Balaban J connectivity index is 1.93. The van der Waals surface area contributed by atoms with E-state index in [0.717, 1.165) is 17.0 Å². The summed E-state index contributed by atoms with van der Waals surface area (Å²) in [4.78, 5) is 4.61. The van der Waals surface area contributed by atoms with Crippen molar-refractivity contribution in [1.29, 1.82) is 5.41 Å². The van der Waals surface area contributed by atoms with Crippen LogP contribution in [0.25, 0.3) is 11.3 Å². The number of benzene rings is 2. The van der Waals surface area contributed by atoms with E-state index in [9.17, 15) is 0 Å². The van der Waals surface area contributed by atoms with E-state index in [1.54, 1.807) is 40.6 Å². The highest BCUT2D eigenvalue weighted by Crippen LogP contribution is 2.39. The van der Waals surface area contributed by atoms with Gasteiger partial charge < -0.3 is 18.9 Å². The predicted molar refractivity (Wildman–Crippen MR) is 106 cm³/mol. The minimum atomic E-state index is 0.291. The summed E-state index contributed by atoms with van der Waals surface area (Å²) < 4.78 is 21.3. The van der Waals surface area contributed by atoms with Gasteiger partial charge in [-0.15, -0.1) is 11.3 Å². The van der Waals surface area contributed by atoms with Crippen LogP contribution in [0.3, 0.4) is 0 Å². The Labute approximate surface area is 161 Å². The van der Waals surface area contributed by atoms with Gasteiger partial charge in [0.1, 0.15) is 10.8 Å². The maximum absolute atomic E-state index is 8.56. The molecule has 0 aliphatic heterocycles. The summed E-state index contributed by atoms with van der Waals surface area (Å²) in [5.74, 6) is 2.29. The van der Waals surface area contributed by atoms with Crippen molar-refractivity contribution in [1.82, 2.24) is 4.98 Å². The van der Waals surface area contributed by atoms with E-state index in [-0.39, 0.29) is 0 Å². The number of nitrogens with zero attached hydrogens (tertiary/aromatic N) is 1. The largest absolute Gasteiger partial charge is 0.497 e. The lowest BCUT2D eigenvalue weighted by Gasteiger charge is -2.14. The summed E-state index contributed by atoms with van der Waals surface area (Å²) in [6, 6.07) is 11.2. The molecule has 0 bridgehead atoms. The lowest BCUT2D eigenvalue weighted by molar-refractivity contribution is 0.324. The SMILES string of the molecule is COc1ccc(-c2csc(C(=N)c3cc(OC)c(OC)c(OC)c3)n2)cc1. The van der Waals surface area contributed by atoms with E-state index in [2.05, 4.69) is 4.98 Å². The molecule has 3 rings (SSSR count). The molecule has 0 saturated carbocycles. The first kappa shape index (κ1) is 18.7. The second kappa shape index (κ2) is 8.09. The van der Waals surface area contributed by atoms with Crippen molar-refractivity contribution < 1.29 is 18.9 Å². The molecule has 0 unspecified atom stereocenters. The van der Waals surface area contributed by atoms with Crippen molar-refractivity contribution in [3.8, 4) is 34.3 Å². The highest BCUT2D eigenvalue weighted by Gasteiger charge is 2.18. The Hall–Kier alpha value is -3.06. The molecule has 27 heavy (non-hydrogen) atoms. The first-order chi connectivity index (χ1) is 13.1. The molecule has 0 fully saturated rings. The standard InChI is InChI=1S/C20H20N2O4S/c1-23-14-7-5-12(6-8-14)15-11-27-20(22-15)18(21)13-9-16(24-2)19(26-4)17(10-13)25-3/h5-11,21H,1-4H3. The zero-order valence-corrected chi connectivity index (χ0v) is 16.3. The average Bonchev–Trinajstić information content (AvgIpc) is 3.22. The second-order valence-corrected chi connectivity index (χ2v) is 6.41. The van der Waals surface area contributed by atoms with Gasteiger partial charge in [0.25, 0.3) is 0 Å². The lowest BCUT2D eigenvalue weighted by atomic mass is 10.1. The molecular formula is C20H20N2O4S. The van der Waals surface area contributed by atoms with Crippen molar-refractivity contribution in [2.24, 2.45) is 0 Å². The topological polar surface area (TPSA) is 73.7 Å². The van der Waals surface area contributed by atoms with Crippen LogP contribution in [0.2, 0.25) is 0 Å². The maximum Gasteiger partial charge on any atom is 0.203 e. The third-order valence-corrected chi connectivity index (χ3v) is 4.92. The molecule has 6 nitrogen and oxygen atoms in total. The van der Waals surface area contributed by atoms with E-state index in [1.165, 1.54) is 11.3 Å². The molecule has 140 valence electrons. The Morgan fingerprint density at radius 1 is 0.889 bits per heavy atom. The summed E-state index contributed by atoms with van der Waals surface area (Å²) in [6.07, 6.45) is 0. The Bertz CT molecular complexity index is 926. The van der Waals surface area contributed by atoms with Crippen LogP contribution in [-0.2, 0) is 0 Å². The van der Waals surface area contributed by atoms with Crippen LogP contribution in [-0.4, -0.2) is 39.1 Å². The number of rotatable bonds is 7. The van der Waals surface area contributed by atoms with Gasteiger partial charge in [-0.25, -0.2) is 4.98 Å². The molecule has 1 aromatic heterocycles. The van der Waals surface area contributed by atoms with Crippen LogP contribution in [0, 0.1) is 5.41 Å². The second-order valence-electron chi connectivity index (χ2n) is 5.56. The Morgan fingerprint density at radius 2 is 1.52 bits per heavy atom. The van der Waals surface area contributed by atoms with Crippen molar-refractivity contribution in [3.63, 3.8) is 0 Å². The molecule has 7 heteroatoms. The van der Waals surface area contributed by atoms with Crippen molar-refractivity contribution in [2.75, 3.05) is 28.4 Å². The van der Waals surface area contributed by atoms with Gasteiger partial charge in [0.15, 0.2) is 11.5 Å². The number of methoxy groups -OCH3 is 4. The summed E-state index contributed by atoms with van der Waals surface area (Å²) in [7, 11) is 6.29. The van der Waals surface area contributed by atoms with Crippen molar-refractivity contribution in [2.45, 2.75) is 0 Å². The third kappa shape index (κ3) is 3.73. The monoisotopic (exact) mass is 384 g/mol. The first-order valence-electron chi connectivity index (χ1n) is 8.10. The number of thiazole rings is 1. The molecule has 0 aliphatic rings. The molecule has 3 aromatic rings. The zero-order valence-electron chi connectivity index (χ0n) is 15.5. The van der Waals surface area contributed by atoms with Gasteiger partial charge >= 0.3 is 0 Å². The number of aromatic nitrogens is 1. The van der Waals surface area contributed by atoms with E-state index in [1.807, 2.05) is 29.6 Å². The molecule has 0 radical (unpaired) electrons. The highest BCUT2D eigenvalue weighted by molar-refractivity contribution is 7.12. The lowest BCUT2D eigenvalue weighted by Crippen LogP contribution is -2.04. The van der Waals surface area contributed by atoms with Gasteiger partial charge in [-0.2, -0.15) is 0 Å². The molecule has 2 aromatic carbocycles. The highest BCUT2D eigenvalue weighted by atomic mass is 32.1. The molecule has 1 heterocycles. The van der Waals surface area contributed by atoms with Gasteiger partial charge in [-0.05, 0) is 36.4 Å². The predicted octanol–water partition coefficient (Wildman–Crippen LogP) is 4.26. The van der Waals surface area contributed by atoms with Crippen molar-refractivity contribution >= 4 is 17.0 Å². The summed E-state index contributed by atoms with van der Waals surface area (Å²) in [6.45, 7) is 0. The summed E-state index contributed by atoms with van der Waals surface area (Å²) in [5, 5.41) is 11.1. The van der Waals surface area contributed by atoms with Gasteiger partial charge in [0.2, 0.25) is 5.75 Å². The molecule has 0 spiro atoms. The van der Waals surface area contributed by atoms with Crippen LogP contribution < -0.4 is 18.9 Å². The number of nitrogens with one attached hydrogen (secondary N) is 1. The summed E-state index contributed by atoms with van der Waals surface area (Å²) >= 11 is 1.41. The fourth-order valence-electron chi connectivity index (χ4n) is 2.63. The Kier molecular flexibility index (Phi) is 5.61. The molecule has 0 aliphatic carbocycles. The number of hydrogen-bond acceptors (Lipinski definition) is 7. The molecule has 1 N–H and O–H groups in total. The van der Waals surface area contributed by atoms with E-state index in [0.29, 0.717) is 33.5 Å². The minimum absolute atomic E-state index is 0.291. The van der Waals surface area contributed by atoms with E-state index < -0.39 is 0 Å². The van der Waals surface area contributed by atoms with Crippen LogP contribution in [0.5, 0.6) is 23.0 Å². The van der Waals surface area contributed by atoms with Gasteiger partial charge in [0.05, 0.1) is 39.8 Å². The van der Waals surface area contributed by atoms with E-state index >= 15 is 0 Å². The average molecular weight is 384 g/mol. The number of hydrogen-bond donors (Lipinski definition) is 1. The fraction of sp³-hybridized carbons (Fsp3) is 0.200. The molecule has 0 saturated heterocycles. The van der Waals surface area contributed by atoms with Crippen LogP contribution >= 0.6 is 11.3 Å². The molecule has 0 amide bonds. The van der Waals surface area contributed by atoms with Crippen LogP contribution in [0.1, 0.15) is 10.6 Å². The fourth-order valence-corrected chi connectivity index (χ4v) is 3.43. The Morgan fingerprint density at radius 3 is 2.04 bits per heavy atom. The van der Waals surface area contributed by atoms with Gasteiger partial charge in [-0.3, -0.25) is 5.41 Å². The minimum Gasteiger partial charge on any atom is -0.497 e. The number of ether oxygens (including phenoxy) is 4.